The van der Waals surface area contributed by atoms with Gasteiger partial charge in [0.2, 0.25) is 11.8 Å². The van der Waals surface area contributed by atoms with Gasteiger partial charge in [0.1, 0.15) is 5.75 Å². The summed E-state index contributed by atoms with van der Waals surface area (Å²) in [4.78, 5) is 60.5. The van der Waals surface area contributed by atoms with Gasteiger partial charge in [-0.2, -0.15) is 0 Å². The van der Waals surface area contributed by atoms with E-state index in [1.54, 1.807) is 18.2 Å². The molecule has 0 bridgehead atoms. The average Bonchev–Trinajstić information content (AvgIpc) is 3.42. The third kappa shape index (κ3) is 4.60. The first-order chi connectivity index (χ1) is 24.8. The standard InChI is InChI=1S/C44H32INO5/c45-28-16-18-29(19-17-28)46-42(50)32-21-20-31-34(38(32)43(46)51)23-35-41(49)33(25-9-3-1-4-10-25)24-37(48)44(35,27-12-5-2-6-13-27)40(31)39-30-14-8-7-11-26(30)15-22-36(39)47/h1-20,22,24,32,34-35,38,40,47H,21,23H2. The third-order valence-corrected chi connectivity index (χ3v) is 12.4. The first-order valence-corrected chi connectivity index (χ1v) is 18.3. The van der Waals surface area contributed by atoms with Gasteiger partial charge in [-0.1, -0.05) is 103 Å². The minimum Gasteiger partial charge on any atom is -0.508 e. The van der Waals surface area contributed by atoms with Crippen molar-refractivity contribution in [2.45, 2.75) is 24.2 Å². The summed E-state index contributed by atoms with van der Waals surface area (Å²) in [7, 11) is 0. The van der Waals surface area contributed by atoms with Gasteiger partial charge in [-0.25, -0.2) is 0 Å². The monoisotopic (exact) mass is 781 g/mol. The Morgan fingerprint density at radius 1 is 0.725 bits per heavy atom. The predicted molar refractivity (Wildman–Crippen MR) is 204 cm³/mol. The van der Waals surface area contributed by atoms with Crippen LogP contribution in [0.25, 0.3) is 16.3 Å². The van der Waals surface area contributed by atoms with Gasteiger partial charge in [0.05, 0.1) is 22.9 Å². The number of ketones is 2. The quantitative estimate of drug-likeness (QED) is 0.113. The van der Waals surface area contributed by atoms with Crippen LogP contribution < -0.4 is 4.90 Å². The van der Waals surface area contributed by atoms with E-state index in [0.29, 0.717) is 34.4 Å². The normalized spacial score (nSPS) is 27.1. The van der Waals surface area contributed by atoms with Crippen LogP contribution in [-0.4, -0.2) is 28.5 Å². The van der Waals surface area contributed by atoms with Crippen molar-refractivity contribution < 1.29 is 24.3 Å². The van der Waals surface area contributed by atoms with Crippen molar-refractivity contribution in [3.8, 4) is 5.75 Å². The van der Waals surface area contributed by atoms with Gasteiger partial charge in [-0.05, 0) is 99.7 Å². The molecule has 0 spiro atoms. The smallest absolute Gasteiger partial charge is 0.238 e. The van der Waals surface area contributed by atoms with Crippen molar-refractivity contribution in [1.29, 1.82) is 0 Å². The molecule has 1 N–H and O–H groups in total. The summed E-state index contributed by atoms with van der Waals surface area (Å²) >= 11 is 2.20. The fourth-order valence-electron chi connectivity index (χ4n) is 9.62. The Morgan fingerprint density at radius 2 is 1.41 bits per heavy atom. The number of allylic oxidation sites excluding steroid dienone is 4. The van der Waals surface area contributed by atoms with Crippen LogP contribution in [0.15, 0.2) is 139 Å². The van der Waals surface area contributed by atoms with Gasteiger partial charge in [0, 0.05) is 26.5 Å². The number of hydrogen-bond donors (Lipinski definition) is 1. The molecule has 0 aromatic heterocycles. The minimum atomic E-state index is -1.42. The maximum atomic E-state index is 15.3. The first-order valence-electron chi connectivity index (χ1n) is 17.3. The molecule has 1 saturated carbocycles. The molecule has 6 atom stereocenters. The molecular formula is C44H32INO5. The number of imide groups is 1. The second kappa shape index (κ2) is 12.0. The van der Waals surface area contributed by atoms with Crippen LogP contribution in [0, 0.1) is 27.2 Å². The number of amides is 2. The second-order valence-corrected chi connectivity index (χ2v) is 15.2. The van der Waals surface area contributed by atoms with E-state index >= 15 is 9.59 Å². The number of rotatable bonds is 4. The van der Waals surface area contributed by atoms with Crippen molar-refractivity contribution in [3.05, 3.63) is 159 Å². The van der Waals surface area contributed by atoms with Crippen LogP contribution in [0.5, 0.6) is 5.75 Å². The number of phenols is 1. The third-order valence-electron chi connectivity index (χ3n) is 11.7. The number of carbonyl (C=O) groups excluding carboxylic acids is 4. The van der Waals surface area contributed by atoms with Crippen LogP contribution in [0.2, 0.25) is 0 Å². The molecular weight excluding hydrogens is 749 g/mol. The Labute approximate surface area is 308 Å². The Balaban J connectivity index is 1.32. The fraction of sp³-hybridized carbons (Fsp3) is 0.182. The van der Waals surface area contributed by atoms with Crippen LogP contribution in [-0.2, 0) is 24.6 Å². The molecule has 6 nitrogen and oxygen atoms in total. The summed E-state index contributed by atoms with van der Waals surface area (Å²) < 4.78 is 0.988. The number of halogens is 1. The van der Waals surface area contributed by atoms with Crippen molar-refractivity contribution in [2.75, 3.05) is 4.90 Å². The lowest BCUT2D eigenvalue weighted by molar-refractivity contribution is -0.135. The van der Waals surface area contributed by atoms with Crippen LogP contribution in [0.1, 0.15) is 35.4 Å². The lowest BCUT2D eigenvalue weighted by Gasteiger charge is -2.55. The zero-order valence-corrected chi connectivity index (χ0v) is 29.6. The largest absolute Gasteiger partial charge is 0.508 e. The number of fused-ring (bicyclic) bond motifs is 5. The Hall–Kier alpha value is -5.15. The zero-order chi connectivity index (χ0) is 35.0. The molecule has 1 heterocycles. The summed E-state index contributed by atoms with van der Waals surface area (Å²) in [5, 5.41) is 13.6. The van der Waals surface area contributed by atoms with Crippen LogP contribution in [0.3, 0.4) is 0 Å². The van der Waals surface area contributed by atoms with Gasteiger partial charge >= 0.3 is 0 Å². The minimum absolute atomic E-state index is 0.0175. The highest BCUT2D eigenvalue weighted by Gasteiger charge is 2.66. The van der Waals surface area contributed by atoms with E-state index in [4.69, 9.17) is 0 Å². The van der Waals surface area contributed by atoms with E-state index in [1.807, 2.05) is 109 Å². The van der Waals surface area contributed by atoms with Crippen molar-refractivity contribution >= 4 is 68.0 Å². The maximum absolute atomic E-state index is 15.3. The number of benzene rings is 5. The number of nitrogens with zero attached hydrogens (tertiary/aromatic N) is 1. The highest BCUT2D eigenvalue weighted by molar-refractivity contribution is 14.1. The summed E-state index contributed by atoms with van der Waals surface area (Å²) in [6.45, 7) is 0. The average molecular weight is 782 g/mol. The summed E-state index contributed by atoms with van der Waals surface area (Å²) in [5.41, 5.74) is 2.16. The van der Waals surface area contributed by atoms with E-state index in [-0.39, 0.29) is 35.6 Å². The van der Waals surface area contributed by atoms with Gasteiger partial charge in [-0.15, -0.1) is 0 Å². The first kappa shape index (κ1) is 31.8. The van der Waals surface area contributed by atoms with E-state index < -0.39 is 35.0 Å². The molecule has 5 aromatic carbocycles. The molecule has 250 valence electrons. The maximum Gasteiger partial charge on any atom is 0.238 e. The molecule has 4 aliphatic rings. The molecule has 1 saturated heterocycles. The SMILES string of the molecule is O=C1C(c2ccccc2)=CC(=O)C2(c3ccccc3)C1CC1C(=CCC3C(=O)N(c4ccc(I)cc4)C(=O)C31)C2c1c(O)ccc2ccccc12. The number of phenolic OH excluding ortho intramolecular Hbond substituents is 1. The van der Waals surface area contributed by atoms with Crippen LogP contribution >= 0.6 is 22.6 Å². The topological polar surface area (TPSA) is 91.8 Å². The number of anilines is 1. The van der Waals surface area contributed by atoms with Gasteiger partial charge in [-0.3, -0.25) is 24.1 Å². The van der Waals surface area contributed by atoms with E-state index in [0.717, 1.165) is 19.9 Å². The molecule has 51 heavy (non-hydrogen) atoms. The highest BCUT2D eigenvalue weighted by atomic mass is 127. The Bertz CT molecular complexity index is 2350. The molecule has 6 unspecified atom stereocenters. The highest BCUT2D eigenvalue weighted by Crippen LogP contribution is 2.65. The van der Waals surface area contributed by atoms with Crippen molar-refractivity contribution in [2.24, 2.45) is 23.7 Å². The van der Waals surface area contributed by atoms with E-state index in [2.05, 4.69) is 22.6 Å². The Morgan fingerprint density at radius 3 is 2.16 bits per heavy atom. The second-order valence-electron chi connectivity index (χ2n) is 14.0. The summed E-state index contributed by atoms with van der Waals surface area (Å²) in [5.74, 6) is -4.44. The molecule has 2 amide bonds. The number of carbonyl (C=O) groups is 4. The molecule has 0 radical (unpaired) electrons. The summed E-state index contributed by atoms with van der Waals surface area (Å²) in [6, 6.07) is 37.3. The lowest BCUT2D eigenvalue weighted by atomic mass is 9.44. The summed E-state index contributed by atoms with van der Waals surface area (Å²) in [6.07, 6.45) is 4.06. The van der Waals surface area contributed by atoms with Crippen molar-refractivity contribution in [1.82, 2.24) is 0 Å². The van der Waals surface area contributed by atoms with E-state index in [1.165, 1.54) is 11.0 Å². The molecule has 2 fully saturated rings. The molecule has 5 aromatic rings. The number of hydrogen-bond acceptors (Lipinski definition) is 5. The fourth-order valence-corrected chi connectivity index (χ4v) is 9.98. The zero-order valence-electron chi connectivity index (χ0n) is 27.4. The lowest BCUT2D eigenvalue weighted by Crippen LogP contribution is -2.58. The number of aromatic hydroxyl groups is 1. The van der Waals surface area contributed by atoms with Crippen LogP contribution in [0.4, 0.5) is 5.69 Å². The van der Waals surface area contributed by atoms with Gasteiger partial charge < -0.3 is 5.11 Å². The van der Waals surface area contributed by atoms with Gasteiger partial charge in [0.15, 0.2) is 11.6 Å². The molecule has 1 aliphatic heterocycles. The number of Topliss-reactive ketones (excluding diaryl/α,β-unsaturated/α-hetero) is 1. The van der Waals surface area contributed by atoms with Gasteiger partial charge in [0.25, 0.3) is 0 Å². The predicted octanol–water partition coefficient (Wildman–Crippen LogP) is 8.18. The van der Waals surface area contributed by atoms with Crippen molar-refractivity contribution in [3.63, 3.8) is 0 Å². The molecule has 3 aliphatic carbocycles. The molecule has 9 rings (SSSR count). The Kier molecular flexibility index (Phi) is 7.47. The molecule has 7 heteroatoms. The van der Waals surface area contributed by atoms with E-state index in [9.17, 15) is 14.7 Å².